The van der Waals surface area contributed by atoms with E-state index in [1.807, 2.05) is 18.2 Å². The number of alkyl carbamates (subject to hydrolysis) is 1. The molecule has 1 aromatic rings. The Bertz CT molecular complexity index is 436. The molecule has 0 bridgehead atoms. The number of carbonyl (C=O) groups excluding carboxylic acids is 2. The van der Waals surface area contributed by atoms with Gasteiger partial charge in [-0.2, -0.15) is 0 Å². The average Bonchev–Trinajstić information content (AvgIpc) is 2.44. The molecule has 0 aliphatic carbocycles. The number of rotatable bonds is 6. The van der Waals surface area contributed by atoms with E-state index in [9.17, 15) is 9.59 Å². The van der Waals surface area contributed by atoms with Crippen LogP contribution in [-0.4, -0.2) is 36.2 Å². The lowest BCUT2D eigenvalue weighted by molar-refractivity contribution is -0.128. The molecular weight excluding hydrogens is 246 g/mol. The number of aryl methyl sites for hydroxylation is 1. The second-order valence-electron chi connectivity index (χ2n) is 4.36. The van der Waals surface area contributed by atoms with Crippen molar-refractivity contribution >= 4 is 12.0 Å². The van der Waals surface area contributed by atoms with Crippen LogP contribution in [0.3, 0.4) is 0 Å². The Labute approximate surface area is 111 Å². The SMILES string of the molecule is O=C(N[C@H]1CNC1=O)OCCCCc1ccccn1. The fraction of sp³-hybridized carbons (Fsp3) is 0.462. The van der Waals surface area contributed by atoms with E-state index in [-0.39, 0.29) is 5.91 Å². The first-order valence-electron chi connectivity index (χ1n) is 6.36. The molecule has 1 aromatic heterocycles. The molecule has 2 amide bonds. The third-order valence-corrected chi connectivity index (χ3v) is 2.88. The number of hydrogen-bond acceptors (Lipinski definition) is 4. The van der Waals surface area contributed by atoms with E-state index in [1.165, 1.54) is 0 Å². The van der Waals surface area contributed by atoms with Crippen LogP contribution in [0.5, 0.6) is 0 Å². The first kappa shape index (κ1) is 13.3. The maximum Gasteiger partial charge on any atom is 0.407 e. The van der Waals surface area contributed by atoms with E-state index in [4.69, 9.17) is 4.74 Å². The van der Waals surface area contributed by atoms with E-state index in [2.05, 4.69) is 15.6 Å². The summed E-state index contributed by atoms with van der Waals surface area (Å²) in [6.07, 6.45) is 3.80. The maximum atomic E-state index is 11.3. The van der Waals surface area contributed by atoms with Crippen molar-refractivity contribution in [1.82, 2.24) is 15.6 Å². The molecule has 0 unspecified atom stereocenters. The third kappa shape index (κ3) is 4.24. The van der Waals surface area contributed by atoms with Gasteiger partial charge in [0, 0.05) is 18.4 Å². The Hall–Kier alpha value is -2.11. The molecule has 2 rings (SSSR count). The Morgan fingerprint density at radius 1 is 1.47 bits per heavy atom. The van der Waals surface area contributed by atoms with Gasteiger partial charge >= 0.3 is 6.09 Å². The summed E-state index contributed by atoms with van der Waals surface area (Å²) >= 11 is 0. The summed E-state index contributed by atoms with van der Waals surface area (Å²) in [5.74, 6) is -0.160. The average molecular weight is 263 g/mol. The van der Waals surface area contributed by atoms with Crippen LogP contribution in [-0.2, 0) is 16.0 Å². The number of nitrogens with zero attached hydrogens (tertiary/aromatic N) is 1. The number of pyridine rings is 1. The lowest BCUT2D eigenvalue weighted by Gasteiger charge is -2.26. The molecule has 2 heterocycles. The predicted molar refractivity (Wildman–Crippen MR) is 68.5 cm³/mol. The van der Waals surface area contributed by atoms with Crippen LogP contribution in [0.4, 0.5) is 4.79 Å². The summed E-state index contributed by atoms with van der Waals surface area (Å²) in [5.41, 5.74) is 1.04. The summed E-state index contributed by atoms with van der Waals surface area (Å²) in [6.45, 7) is 0.834. The number of amides is 2. The van der Waals surface area contributed by atoms with Gasteiger partial charge in [0.05, 0.1) is 6.61 Å². The minimum Gasteiger partial charge on any atom is -0.450 e. The molecule has 6 heteroatoms. The summed E-state index contributed by atoms with van der Waals surface area (Å²) in [6, 6.07) is 5.38. The minimum absolute atomic E-state index is 0.160. The van der Waals surface area contributed by atoms with Gasteiger partial charge in [0.25, 0.3) is 0 Å². The zero-order valence-corrected chi connectivity index (χ0v) is 10.6. The van der Waals surface area contributed by atoms with Crippen molar-refractivity contribution in [2.45, 2.75) is 25.3 Å². The second kappa shape index (κ2) is 6.72. The van der Waals surface area contributed by atoms with Crippen molar-refractivity contribution in [3.63, 3.8) is 0 Å². The molecule has 0 radical (unpaired) electrons. The second-order valence-corrected chi connectivity index (χ2v) is 4.36. The summed E-state index contributed by atoms with van der Waals surface area (Å²) in [7, 11) is 0. The molecule has 1 fully saturated rings. The molecule has 19 heavy (non-hydrogen) atoms. The van der Waals surface area contributed by atoms with Gasteiger partial charge in [0.1, 0.15) is 6.04 Å². The number of unbranched alkanes of at least 4 members (excludes halogenated alkanes) is 1. The molecule has 102 valence electrons. The van der Waals surface area contributed by atoms with Gasteiger partial charge in [-0.15, -0.1) is 0 Å². The van der Waals surface area contributed by atoms with E-state index in [1.54, 1.807) is 6.20 Å². The molecule has 2 N–H and O–H groups in total. The fourth-order valence-corrected chi connectivity index (χ4v) is 1.71. The number of hydrogen-bond donors (Lipinski definition) is 2. The van der Waals surface area contributed by atoms with Crippen molar-refractivity contribution < 1.29 is 14.3 Å². The zero-order valence-electron chi connectivity index (χ0n) is 10.6. The van der Waals surface area contributed by atoms with Crippen LogP contribution >= 0.6 is 0 Å². The van der Waals surface area contributed by atoms with Crippen molar-refractivity contribution in [1.29, 1.82) is 0 Å². The Balaban J connectivity index is 1.52. The molecule has 0 spiro atoms. The third-order valence-electron chi connectivity index (χ3n) is 2.88. The highest BCUT2D eigenvalue weighted by Crippen LogP contribution is 2.02. The topological polar surface area (TPSA) is 80.3 Å². The number of aromatic nitrogens is 1. The lowest BCUT2D eigenvalue weighted by atomic mass is 10.2. The van der Waals surface area contributed by atoms with Crippen molar-refractivity contribution in [3.8, 4) is 0 Å². The largest absolute Gasteiger partial charge is 0.450 e. The maximum absolute atomic E-state index is 11.3. The molecule has 1 aliphatic rings. The first-order valence-corrected chi connectivity index (χ1v) is 6.36. The lowest BCUT2D eigenvalue weighted by Crippen LogP contribution is -2.61. The van der Waals surface area contributed by atoms with Gasteiger partial charge in [-0.3, -0.25) is 9.78 Å². The van der Waals surface area contributed by atoms with E-state index in [0.717, 1.165) is 25.0 Å². The van der Waals surface area contributed by atoms with Crippen LogP contribution in [0.1, 0.15) is 18.5 Å². The minimum atomic E-state index is -0.530. The van der Waals surface area contributed by atoms with Gasteiger partial charge in [-0.25, -0.2) is 4.79 Å². The van der Waals surface area contributed by atoms with Crippen molar-refractivity contribution in [2.75, 3.05) is 13.2 Å². The zero-order chi connectivity index (χ0) is 13.5. The van der Waals surface area contributed by atoms with Crippen LogP contribution < -0.4 is 10.6 Å². The standard InChI is InChI=1S/C13H17N3O3/c17-12-11(9-15-12)16-13(18)19-8-4-2-6-10-5-1-3-7-14-10/h1,3,5,7,11H,2,4,6,8-9H2,(H,15,17)(H,16,18)/t11-/m0/s1. The molecule has 1 saturated heterocycles. The molecule has 1 aliphatic heterocycles. The summed E-state index contributed by atoms with van der Waals surface area (Å²) < 4.78 is 4.98. The molecule has 0 aromatic carbocycles. The summed E-state index contributed by atoms with van der Waals surface area (Å²) in [5, 5.41) is 5.03. The van der Waals surface area contributed by atoms with Crippen molar-refractivity contribution in [3.05, 3.63) is 30.1 Å². The molecular formula is C13H17N3O3. The first-order chi connectivity index (χ1) is 9.25. The van der Waals surface area contributed by atoms with E-state index >= 15 is 0 Å². The monoisotopic (exact) mass is 263 g/mol. The number of nitrogens with one attached hydrogen (secondary N) is 2. The van der Waals surface area contributed by atoms with Gasteiger partial charge in [0.2, 0.25) is 5.91 Å². The Kier molecular flexibility index (Phi) is 4.72. The van der Waals surface area contributed by atoms with Crippen LogP contribution in [0.25, 0.3) is 0 Å². The van der Waals surface area contributed by atoms with Gasteiger partial charge in [-0.1, -0.05) is 6.07 Å². The predicted octanol–water partition coefficient (Wildman–Crippen LogP) is 0.629. The summed E-state index contributed by atoms with van der Waals surface area (Å²) in [4.78, 5) is 26.4. The smallest absolute Gasteiger partial charge is 0.407 e. The molecule has 6 nitrogen and oxygen atoms in total. The van der Waals surface area contributed by atoms with E-state index < -0.39 is 12.1 Å². The number of carbonyl (C=O) groups is 2. The van der Waals surface area contributed by atoms with E-state index in [0.29, 0.717) is 13.2 Å². The molecule has 0 saturated carbocycles. The molecule has 1 atom stereocenters. The highest BCUT2D eigenvalue weighted by atomic mass is 16.5. The van der Waals surface area contributed by atoms with Gasteiger partial charge in [0.15, 0.2) is 0 Å². The highest BCUT2D eigenvalue weighted by Gasteiger charge is 2.29. The Morgan fingerprint density at radius 2 is 2.37 bits per heavy atom. The number of ether oxygens (including phenoxy) is 1. The van der Waals surface area contributed by atoms with Crippen LogP contribution in [0.15, 0.2) is 24.4 Å². The quantitative estimate of drug-likeness (QED) is 0.582. The normalized spacial score (nSPS) is 17.3. The van der Waals surface area contributed by atoms with Crippen LogP contribution in [0.2, 0.25) is 0 Å². The highest BCUT2D eigenvalue weighted by molar-refractivity contribution is 5.90. The van der Waals surface area contributed by atoms with Gasteiger partial charge in [-0.05, 0) is 31.4 Å². The fourth-order valence-electron chi connectivity index (χ4n) is 1.71. The van der Waals surface area contributed by atoms with Gasteiger partial charge < -0.3 is 15.4 Å². The van der Waals surface area contributed by atoms with Crippen molar-refractivity contribution in [2.24, 2.45) is 0 Å². The van der Waals surface area contributed by atoms with Crippen LogP contribution in [0, 0.1) is 0 Å². The Morgan fingerprint density at radius 3 is 3.00 bits per heavy atom. The number of β-lactam (4-membered cyclic amide) rings is 1.